The van der Waals surface area contributed by atoms with Crippen LogP contribution in [-0.2, 0) is 19.4 Å². The molecule has 0 N–H and O–H groups in total. The van der Waals surface area contributed by atoms with E-state index in [4.69, 9.17) is 9.15 Å². The van der Waals surface area contributed by atoms with Gasteiger partial charge in [-0.3, -0.25) is 0 Å². The number of halogens is 2. The van der Waals surface area contributed by atoms with E-state index < -0.39 is 11.6 Å². The van der Waals surface area contributed by atoms with Gasteiger partial charge in [0.25, 0.3) is 0 Å². The first-order valence-corrected chi connectivity index (χ1v) is 8.69. The van der Waals surface area contributed by atoms with Crippen molar-refractivity contribution >= 4 is 11.0 Å². The standard InChI is InChI=1S/C21H18F2O3/c1-12-8-18(25-11-13-6-7-14(22)10-17(13)23)20-15-4-2-3-5-16(15)21(24)26-19(20)9-12/h6-10H,2-5,11H2,1H3. The fraction of sp³-hybridized carbons (Fsp3) is 0.286. The van der Waals surface area contributed by atoms with Gasteiger partial charge in [-0.25, -0.2) is 13.6 Å². The zero-order valence-corrected chi connectivity index (χ0v) is 14.4. The number of benzene rings is 2. The smallest absolute Gasteiger partial charge is 0.339 e. The van der Waals surface area contributed by atoms with Crippen LogP contribution in [0.3, 0.4) is 0 Å². The predicted molar refractivity (Wildman–Crippen MR) is 94.6 cm³/mol. The van der Waals surface area contributed by atoms with Gasteiger partial charge in [0.1, 0.15) is 29.6 Å². The third-order valence-electron chi connectivity index (χ3n) is 4.83. The van der Waals surface area contributed by atoms with Crippen molar-refractivity contribution in [2.24, 2.45) is 0 Å². The third-order valence-corrected chi connectivity index (χ3v) is 4.83. The summed E-state index contributed by atoms with van der Waals surface area (Å²) >= 11 is 0. The molecule has 1 aliphatic rings. The van der Waals surface area contributed by atoms with Crippen LogP contribution < -0.4 is 10.4 Å². The average Bonchev–Trinajstić information content (AvgIpc) is 2.60. The Morgan fingerprint density at radius 3 is 2.62 bits per heavy atom. The summed E-state index contributed by atoms with van der Waals surface area (Å²) in [6, 6.07) is 7.10. The Morgan fingerprint density at radius 1 is 1.08 bits per heavy atom. The first-order chi connectivity index (χ1) is 12.5. The Labute approximate surface area is 149 Å². The van der Waals surface area contributed by atoms with Gasteiger partial charge in [-0.05, 0) is 68.0 Å². The summed E-state index contributed by atoms with van der Waals surface area (Å²) in [7, 11) is 0. The highest BCUT2D eigenvalue weighted by atomic mass is 19.1. The highest BCUT2D eigenvalue weighted by Gasteiger charge is 2.21. The third kappa shape index (κ3) is 2.98. The maximum absolute atomic E-state index is 13.9. The van der Waals surface area contributed by atoms with Gasteiger partial charge in [-0.15, -0.1) is 0 Å². The van der Waals surface area contributed by atoms with Crippen LogP contribution in [0.2, 0.25) is 0 Å². The molecule has 1 aromatic heterocycles. The molecule has 1 heterocycles. The van der Waals surface area contributed by atoms with E-state index in [2.05, 4.69) is 0 Å². The lowest BCUT2D eigenvalue weighted by Crippen LogP contribution is -2.16. The minimum Gasteiger partial charge on any atom is -0.488 e. The summed E-state index contributed by atoms with van der Waals surface area (Å²) in [4.78, 5) is 12.3. The molecule has 0 saturated heterocycles. The first kappa shape index (κ1) is 16.8. The lowest BCUT2D eigenvalue weighted by molar-refractivity contribution is 0.302. The molecule has 3 nitrogen and oxygen atoms in total. The fourth-order valence-electron chi connectivity index (χ4n) is 3.57. The molecular weight excluding hydrogens is 338 g/mol. The van der Waals surface area contributed by atoms with E-state index in [0.29, 0.717) is 23.3 Å². The van der Waals surface area contributed by atoms with Gasteiger partial charge in [0.05, 0.1) is 5.39 Å². The molecule has 0 amide bonds. The van der Waals surface area contributed by atoms with Gasteiger partial charge in [-0.2, -0.15) is 0 Å². The number of hydrogen-bond donors (Lipinski definition) is 0. The quantitative estimate of drug-likeness (QED) is 0.631. The van der Waals surface area contributed by atoms with E-state index in [1.54, 1.807) is 0 Å². The lowest BCUT2D eigenvalue weighted by Gasteiger charge is -2.19. The van der Waals surface area contributed by atoms with Crippen LogP contribution in [0.25, 0.3) is 11.0 Å². The minimum absolute atomic E-state index is 0.0292. The molecule has 5 heteroatoms. The zero-order chi connectivity index (χ0) is 18.3. The Kier molecular flexibility index (Phi) is 4.23. The molecule has 0 saturated carbocycles. The van der Waals surface area contributed by atoms with Crippen molar-refractivity contribution in [1.82, 2.24) is 0 Å². The Balaban J connectivity index is 1.80. The van der Waals surface area contributed by atoms with Crippen molar-refractivity contribution in [3.63, 3.8) is 0 Å². The molecule has 0 radical (unpaired) electrons. The number of rotatable bonds is 3. The fourth-order valence-corrected chi connectivity index (χ4v) is 3.57. The van der Waals surface area contributed by atoms with E-state index in [1.807, 2.05) is 19.1 Å². The van der Waals surface area contributed by atoms with Crippen molar-refractivity contribution in [1.29, 1.82) is 0 Å². The molecule has 1 aliphatic carbocycles. The molecule has 0 unspecified atom stereocenters. The normalized spacial score (nSPS) is 13.7. The van der Waals surface area contributed by atoms with Gasteiger partial charge in [0, 0.05) is 17.2 Å². The molecule has 3 aromatic rings. The summed E-state index contributed by atoms with van der Waals surface area (Å²) in [6.07, 6.45) is 3.47. The Bertz CT molecular complexity index is 1050. The Hall–Kier alpha value is -2.69. The topological polar surface area (TPSA) is 39.4 Å². The van der Waals surface area contributed by atoms with Crippen LogP contribution in [0.4, 0.5) is 8.78 Å². The number of hydrogen-bond acceptors (Lipinski definition) is 3. The molecule has 134 valence electrons. The summed E-state index contributed by atoms with van der Waals surface area (Å²) in [5, 5.41) is 0.785. The molecular formula is C21H18F2O3. The van der Waals surface area contributed by atoms with Crippen molar-refractivity contribution in [3.8, 4) is 5.75 Å². The number of fused-ring (bicyclic) bond motifs is 3. The maximum atomic E-state index is 13.9. The molecule has 0 fully saturated rings. The molecule has 0 spiro atoms. The maximum Gasteiger partial charge on any atom is 0.339 e. The van der Waals surface area contributed by atoms with Crippen LogP contribution in [-0.4, -0.2) is 0 Å². The predicted octanol–water partition coefficient (Wildman–Crippen LogP) is 4.84. The molecule has 0 bridgehead atoms. The Morgan fingerprint density at radius 2 is 1.85 bits per heavy atom. The van der Waals surface area contributed by atoms with E-state index in [1.165, 1.54) is 12.1 Å². The largest absolute Gasteiger partial charge is 0.488 e. The molecule has 0 atom stereocenters. The van der Waals surface area contributed by atoms with Gasteiger partial charge in [-0.1, -0.05) is 0 Å². The molecule has 26 heavy (non-hydrogen) atoms. The summed E-state index contributed by atoms with van der Waals surface area (Å²) in [5.41, 5.74) is 3.04. The van der Waals surface area contributed by atoms with Crippen molar-refractivity contribution < 1.29 is 17.9 Å². The van der Waals surface area contributed by atoms with Crippen LogP contribution in [0.1, 0.15) is 35.1 Å². The van der Waals surface area contributed by atoms with E-state index in [9.17, 15) is 13.6 Å². The van der Waals surface area contributed by atoms with Gasteiger partial charge < -0.3 is 9.15 Å². The van der Waals surface area contributed by atoms with Crippen molar-refractivity contribution in [3.05, 3.63) is 74.6 Å². The second-order valence-corrected chi connectivity index (χ2v) is 6.71. The highest BCUT2D eigenvalue weighted by Crippen LogP contribution is 2.35. The minimum atomic E-state index is -0.643. The van der Waals surface area contributed by atoms with E-state index in [0.717, 1.165) is 41.8 Å². The van der Waals surface area contributed by atoms with E-state index >= 15 is 0 Å². The average molecular weight is 356 g/mol. The monoisotopic (exact) mass is 356 g/mol. The summed E-state index contributed by atoms with van der Waals surface area (Å²) < 4.78 is 38.4. The number of aryl methyl sites for hydroxylation is 2. The molecule has 2 aromatic carbocycles. The van der Waals surface area contributed by atoms with Crippen molar-refractivity contribution in [2.45, 2.75) is 39.2 Å². The van der Waals surface area contributed by atoms with Crippen LogP contribution in [0.5, 0.6) is 5.75 Å². The molecule has 0 aliphatic heterocycles. The van der Waals surface area contributed by atoms with Crippen LogP contribution in [0, 0.1) is 18.6 Å². The van der Waals surface area contributed by atoms with Crippen LogP contribution >= 0.6 is 0 Å². The second kappa shape index (κ2) is 6.56. The van der Waals surface area contributed by atoms with Gasteiger partial charge in [0.2, 0.25) is 0 Å². The summed E-state index contributed by atoms with van der Waals surface area (Å²) in [6.45, 7) is 1.85. The van der Waals surface area contributed by atoms with Crippen molar-refractivity contribution in [2.75, 3.05) is 0 Å². The first-order valence-electron chi connectivity index (χ1n) is 8.69. The highest BCUT2D eigenvalue weighted by molar-refractivity contribution is 5.88. The molecule has 4 rings (SSSR count). The second-order valence-electron chi connectivity index (χ2n) is 6.71. The SMILES string of the molecule is Cc1cc(OCc2ccc(F)cc2F)c2c3c(c(=O)oc2c1)CCCC3. The van der Waals surface area contributed by atoms with Gasteiger partial charge in [0.15, 0.2) is 0 Å². The van der Waals surface area contributed by atoms with Crippen LogP contribution in [0.15, 0.2) is 39.5 Å². The number of ether oxygens (including phenoxy) is 1. The lowest BCUT2D eigenvalue weighted by atomic mass is 9.90. The summed E-state index contributed by atoms with van der Waals surface area (Å²) in [5.74, 6) is -0.704. The van der Waals surface area contributed by atoms with E-state index in [-0.39, 0.29) is 17.8 Å². The zero-order valence-electron chi connectivity index (χ0n) is 14.4. The van der Waals surface area contributed by atoms with Gasteiger partial charge >= 0.3 is 5.63 Å².